The maximum Gasteiger partial charge on any atom is 0.306 e. The molecular weight excluding hydrogens is 216 g/mol. The van der Waals surface area contributed by atoms with Gasteiger partial charge < -0.3 is 9.84 Å². The second kappa shape index (κ2) is 5.71. The van der Waals surface area contributed by atoms with Gasteiger partial charge in [0.25, 0.3) is 0 Å². The van der Waals surface area contributed by atoms with Gasteiger partial charge in [-0.05, 0) is 51.3 Å². The number of rotatable bonds is 4. The quantitative estimate of drug-likeness (QED) is 0.817. The highest BCUT2D eigenvalue weighted by Crippen LogP contribution is 2.14. The fourth-order valence-corrected chi connectivity index (χ4v) is 1.54. The van der Waals surface area contributed by atoms with Gasteiger partial charge in [0.15, 0.2) is 0 Å². The minimum Gasteiger partial charge on any atom is -0.508 e. The van der Waals surface area contributed by atoms with Crippen LogP contribution < -0.4 is 0 Å². The molecule has 0 heterocycles. The summed E-state index contributed by atoms with van der Waals surface area (Å²) in [6.45, 7) is 5.58. The van der Waals surface area contributed by atoms with Crippen molar-refractivity contribution in [2.45, 2.75) is 45.6 Å². The van der Waals surface area contributed by atoms with E-state index in [0.29, 0.717) is 6.42 Å². The van der Waals surface area contributed by atoms with Crippen molar-refractivity contribution in [1.29, 1.82) is 0 Å². The molecule has 0 saturated heterocycles. The summed E-state index contributed by atoms with van der Waals surface area (Å²) in [7, 11) is 0. The summed E-state index contributed by atoms with van der Waals surface area (Å²) in [5, 5.41) is 9.28. The molecule has 1 rings (SSSR count). The van der Waals surface area contributed by atoms with Gasteiger partial charge in [0.1, 0.15) is 11.4 Å². The lowest BCUT2D eigenvalue weighted by molar-refractivity contribution is -0.154. The normalized spacial score (nSPS) is 11.2. The first-order valence-corrected chi connectivity index (χ1v) is 5.86. The third-order valence-corrected chi connectivity index (χ3v) is 2.18. The van der Waals surface area contributed by atoms with Crippen LogP contribution >= 0.6 is 0 Å². The van der Waals surface area contributed by atoms with Gasteiger partial charge in [0.05, 0.1) is 0 Å². The predicted molar refractivity (Wildman–Crippen MR) is 66.9 cm³/mol. The molecule has 94 valence electrons. The average molecular weight is 236 g/mol. The lowest BCUT2D eigenvalue weighted by Crippen LogP contribution is -2.23. The number of phenols is 1. The van der Waals surface area contributed by atoms with Crippen molar-refractivity contribution >= 4 is 5.97 Å². The molecule has 1 aromatic rings. The smallest absolute Gasteiger partial charge is 0.306 e. The second-order valence-electron chi connectivity index (χ2n) is 5.11. The first-order valence-electron chi connectivity index (χ1n) is 5.86. The molecule has 0 spiro atoms. The summed E-state index contributed by atoms with van der Waals surface area (Å²) in [6.07, 6.45) is 1.92. The lowest BCUT2D eigenvalue weighted by Gasteiger charge is -2.19. The first-order chi connectivity index (χ1) is 7.87. The Morgan fingerprint density at radius 1 is 1.35 bits per heavy atom. The Morgan fingerprint density at radius 3 is 2.65 bits per heavy atom. The first kappa shape index (κ1) is 13.6. The van der Waals surface area contributed by atoms with Crippen molar-refractivity contribution in [3.05, 3.63) is 29.8 Å². The maximum atomic E-state index is 11.4. The van der Waals surface area contributed by atoms with Crippen LogP contribution in [-0.4, -0.2) is 16.7 Å². The molecule has 0 aromatic heterocycles. The van der Waals surface area contributed by atoms with E-state index in [1.807, 2.05) is 26.8 Å². The Morgan fingerprint density at radius 2 is 2.06 bits per heavy atom. The molecular formula is C14H20O3. The summed E-state index contributed by atoms with van der Waals surface area (Å²) < 4.78 is 5.21. The van der Waals surface area contributed by atoms with Crippen LogP contribution in [0.3, 0.4) is 0 Å². The molecule has 0 aliphatic carbocycles. The van der Waals surface area contributed by atoms with Crippen LogP contribution in [-0.2, 0) is 16.0 Å². The van der Waals surface area contributed by atoms with Gasteiger partial charge in [-0.15, -0.1) is 0 Å². The molecule has 1 aromatic carbocycles. The van der Waals surface area contributed by atoms with E-state index in [-0.39, 0.29) is 11.7 Å². The van der Waals surface area contributed by atoms with E-state index in [1.165, 1.54) is 0 Å². The van der Waals surface area contributed by atoms with Gasteiger partial charge in [-0.2, -0.15) is 0 Å². The Kier molecular flexibility index (Phi) is 4.55. The fourth-order valence-electron chi connectivity index (χ4n) is 1.54. The lowest BCUT2D eigenvalue weighted by atomic mass is 10.1. The van der Waals surface area contributed by atoms with E-state index in [9.17, 15) is 9.90 Å². The Balaban J connectivity index is 2.31. The van der Waals surface area contributed by atoms with Crippen molar-refractivity contribution in [2.24, 2.45) is 0 Å². The van der Waals surface area contributed by atoms with Crippen molar-refractivity contribution in [2.75, 3.05) is 0 Å². The predicted octanol–water partition coefficient (Wildman–Crippen LogP) is 3.06. The molecule has 0 unspecified atom stereocenters. The minimum absolute atomic E-state index is 0.169. The number of aromatic hydroxyl groups is 1. The molecule has 0 aliphatic rings. The van der Waals surface area contributed by atoms with E-state index in [2.05, 4.69) is 0 Å². The number of carbonyl (C=O) groups is 1. The van der Waals surface area contributed by atoms with Crippen LogP contribution in [0.2, 0.25) is 0 Å². The molecule has 0 atom stereocenters. The minimum atomic E-state index is -0.415. The van der Waals surface area contributed by atoms with E-state index in [1.54, 1.807) is 18.2 Å². The van der Waals surface area contributed by atoms with Crippen LogP contribution in [0.1, 0.15) is 39.2 Å². The number of carbonyl (C=O) groups excluding carboxylic acids is 1. The Bertz CT molecular complexity index is 377. The molecule has 17 heavy (non-hydrogen) atoms. The van der Waals surface area contributed by atoms with Crippen LogP contribution in [0.4, 0.5) is 0 Å². The van der Waals surface area contributed by atoms with E-state index in [4.69, 9.17) is 4.74 Å². The van der Waals surface area contributed by atoms with Crippen molar-refractivity contribution in [1.82, 2.24) is 0 Å². The number of aryl methyl sites for hydroxylation is 1. The van der Waals surface area contributed by atoms with Gasteiger partial charge in [0.2, 0.25) is 0 Å². The summed E-state index contributed by atoms with van der Waals surface area (Å²) >= 11 is 0. The Labute approximate surface area is 102 Å². The molecule has 0 aliphatic heterocycles. The zero-order chi connectivity index (χ0) is 12.9. The number of phenolic OH excluding ortho intramolecular Hbond substituents is 1. The number of hydrogen-bond acceptors (Lipinski definition) is 3. The van der Waals surface area contributed by atoms with E-state index < -0.39 is 5.60 Å². The highest BCUT2D eigenvalue weighted by molar-refractivity contribution is 5.69. The molecule has 0 fully saturated rings. The van der Waals surface area contributed by atoms with Crippen LogP contribution in [0.5, 0.6) is 5.75 Å². The second-order valence-corrected chi connectivity index (χ2v) is 5.11. The molecule has 3 nitrogen and oxygen atoms in total. The summed E-state index contributed by atoms with van der Waals surface area (Å²) in [5.74, 6) is 0.0948. The highest BCUT2D eigenvalue weighted by atomic mass is 16.6. The SMILES string of the molecule is CC(C)(C)OC(=O)CCCc1cccc(O)c1. The van der Waals surface area contributed by atoms with Crippen LogP contribution in [0, 0.1) is 0 Å². The third kappa shape index (κ3) is 5.95. The van der Waals surface area contributed by atoms with Crippen molar-refractivity contribution < 1.29 is 14.6 Å². The standard InChI is InChI=1S/C14H20O3/c1-14(2,3)17-13(16)9-5-7-11-6-4-8-12(15)10-11/h4,6,8,10,15H,5,7,9H2,1-3H3. The molecule has 3 heteroatoms. The fraction of sp³-hybridized carbons (Fsp3) is 0.500. The third-order valence-electron chi connectivity index (χ3n) is 2.18. The van der Waals surface area contributed by atoms with Crippen LogP contribution in [0.15, 0.2) is 24.3 Å². The van der Waals surface area contributed by atoms with Crippen molar-refractivity contribution in [3.8, 4) is 5.75 Å². The molecule has 0 radical (unpaired) electrons. The van der Waals surface area contributed by atoms with Gasteiger partial charge in [-0.1, -0.05) is 12.1 Å². The van der Waals surface area contributed by atoms with Gasteiger partial charge in [-0.25, -0.2) is 0 Å². The largest absolute Gasteiger partial charge is 0.508 e. The zero-order valence-corrected chi connectivity index (χ0v) is 10.7. The molecule has 1 N–H and O–H groups in total. The van der Waals surface area contributed by atoms with E-state index in [0.717, 1.165) is 18.4 Å². The summed E-state index contributed by atoms with van der Waals surface area (Å²) in [4.78, 5) is 11.4. The Hall–Kier alpha value is -1.51. The number of esters is 1. The van der Waals surface area contributed by atoms with Gasteiger partial charge >= 0.3 is 5.97 Å². The molecule has 0 saturated carbocycles. The number of benzene rings is 1. The molecule has 0 amide bonds. The van der Waals surface area contributed by atoms with Gasteiger partial charge in [0, 0.05) is 6.42 Å². The number of ether oxygens (including phenoxy) is 1. The maximum absolute atomic E-state index is 11.4. The zero-order valence-electron chi connectivity index (χ0n) is 10.7. The highest BCUT2D eigenvalue weighted by Gasteiger charge is 2.15. The summed E-state index contributed by atoms with van der Waals surface area (Å²) in [5.41, 5.74) is 0.621. The topological polar surface area (TPSA) is 46.5 Å². The van der Waals surface area contributed by atoms with Crippen LogP contribution in [0.25, 0.3) is 0 Å². The van der Waals surface area contributed by atoms with Crippen molar-refractivity contribution in [3.63, 3.8) is 0 Å². The number of hydrogen-bond donors (Lipinski definition) is 1. The summed E-state index contributed by atoms with van der Waals surface area (Å²) in [6, 6.07) is 7.10. The van der Waals surface area contributed by atoms with E-state index >= 15 is 0 Å². The average Bonchev–Trinajstić information content (AvgIpc) is 2.14. The van der Waals surface area contributed by atoms with Gasteiger partial charge in [-0.3, -0.25) is 4.79 Å². The monoisotopic (exact) mass is 236 g/mol. The molecule has 0 bridgehead atoms.